The van der Waals surface area contributed by atoms with E-state index in [-0.39, 0.29) is 18.0 Å². The Morgan fingerprint density at radius 3 is 2.60 bits per heavy atom. The number of carbonyl (C=O) groups excluding carboxylic acids is 1. The summed E-state index contributed by atoms with van der Waals surface area (Å²) in [5.74, 6) is 0.981. The average molecular weight is 346 g/mol. The quantitative estimate of drug-likeness (QED) is 0.682. The SMILES string of the molecule is CCC(NC(=O)NCC(CC(C)O)c1ccccc1)c1noc(C)n1. The molecule has 3 N–H and O–H groups in total. The van der Waals surface area contributed by atoms with E-state index in [1.807, 2.05) is 37.3 Å². The van der Waals surface area contributed by atoms with Gasteiger partial charge in [0.2, 0.25) is 5.89 Å². The fraction of sp³-hybridized carbons (Fsp3) is 0.500. The number of aliphatic hydroxyl groups excluding tert-OH is 1. The highest BCUT2D eigenvalue weighted by Crippen LogP contribution is 2.20. The number of urea groups is 1. The molecule has 0 saturated heterocycles. The van der Waals surface area contributed by atoms with Gasteiger partial charge in [0.25, 0.3) is 0 Å². The molecule has 0 aliphatic carbocycles. The highest BCUT2D eigenvalue weighted by Gasteiger charge is 2.19. The fourth-order valence-electron chi connectivity index (χ4n) is 2.71. The molecule has 1 aromatic heterocycles. The molecular weight excluding hydrogens is 320 g/mol. The molecule has 136 valence electrons. The van der Waals surface area contributed by atoms with Crippen LogP contribution in [0.5, 0.6) is 0 Å². The Bertz CT molecular complexity index is 657. The van der Waals surface area contributed by atoms with Gasteiger partial charge in [-0.15, -0.1) is 0 Å². The number of rotatable bonds is 8. The Morgan fingerprint density at radius 2 is 2.04 bits per heavy atom. The second-order valence-electron chi connectivity index (χ2n) is 6.18. The van der Waals surface area contributed by atoms with E-state index in [2.05, 4.69) is 20.8 Å². The van der Waals surface area contributed by atoms with E-state index in [1.165, 1.54) is 0 Å². The summed E-state index contributed by atoms with van der Waals surface area (Å²) in [6.07, 6.45) is 0.786. The van der Waals surface area contributed by atoms with Gasteiger partial charge >= 0.3 is 6.03 Å². The monoisotopic (exact) mass is 346 g/mol. The maximum Gasteiger partial charge on any atom is 0.315 e. The molecule has 0 spiro atoms. The summed E-state index contributed by atoms with van der Waals surface area (Å²) in [5.41, 5.74) is 1.09. The maximum atomic E-state index is 12.2. The minimum atomic E-state index is -0.444. The number of carbonyl (C=O) groups is 1. The number of hydrogen-bond acceptors (Lipinski definition) is 5. The van der Waals surface area contributed by atoms with Gasteiger partial charge in [-0.1, -0.05) is 42.4 Å². The number of hydrogen-bond donors (Lipinski definition) is 3. The summed E-state index contributed by atoms with van der Waals surface area (Å²) in [6, 6.07) is 9.27. The molecule has 2 aromatic rings. The molecule has 3 unspecified atom stereocenters. The summed E-state index contributed by atoms with van der Waals surface area (Å²) in [6.45, 7) is 5.84. The van der Waals surface area contributed by atoms with Crippen LogP contribution in [0, 0.1) is 6.92 Å². The van der Waals surface area contributed by atoms with Gasteiger partial charge in [-0.3, -0.25) is 0 Å². The summed E-state index contributed by atoms with van der Waals surface area (Å²) < 4.78 is 4.97. The Balaban J connectivity index is 1.93. The van der Waals surface area contributed by atoms with E-state index in [1.54, 1.807) is 13.8 Å². The lowest BCUT2D eigenvalue weighted by atomic mass is 9.93. The van der Waals surface area contributed by atoms with Crippen LogP contribution >= 0.6 is 0 Å². The van der Waals surface area contributed by atoms with Crippen molar-refractivity contribution < 1.29 is 14.4 Å². The highest BCUT2D eigenvalue weighted by atomic mass is 16.5. The summed E-state index contributed by atoms with van der Waals surface area (Å²) >= 11 is 0. The van der Waals surface area contributed by atoms with Crippen LogP contribution in [0.1, 0.15) is 55.9 Å². The molecule has 1 aromatic carbocycles. The van der Waals surface area contributed by atoms with Crippen molar-refractivity contribution in [1.82, 2.24) is 20.8 Å². The van der Waals surface area contributed by atoms with Gasteiger partial charge in [-0.05, 0) is 25.3 Å². The molecule has 3 atom stereocenters. The zero-order valence-electron chi connectivity index (χ0n) is 14.9. The van der Waals surface area contributed by atoms with Crippen molar-refractivity contribution in [1.29, 1.82) is 0 Å². The molecule has 0 aliphatic rings. The minimum Gasteiger partial charge on any atom is -0.393 e. The van der Waals surface area contributed by atoms with Gasteiger partial charge in [0.1, 0.15) is 0 Å². The molecule has 7 heteroatoms. The van der Waals surface area contributed by atoms with Crippen LogP contribution in [0.15, 0.2) is 34.9 Å². The van der Waals surface area contributed by atoms with E-state index in [0.717, 1.165) is 5.56 Å². The highest BCUT2D eigenvalue weighted by molar-refractivity contribution is 5.74. The second-order valence-corrected chi connectivity index (χ2v) is 6.18. The number of amides is 2. The van der Waals surface area contributed by atoms with Crippen molar-refractivity contribution >= 4 is 6.03 Å². The van der Waals surface area contributed by atoms with Crippen molar-refractivity contribution in [2.75, 3.05) is 6.54 Å². The molecule has 25 heavy (non-hydrogen) atoms. The number of benzene rings is 1. The number of nitrogens with zero attached hydrogens (tertiary/aromatic N) is 2. The number of aliphatic hydroxyl groups is 1. The zero-order valence-corrected chi connectivity index (χ0v) is 14.9. The van der Waals surface area contributed by atoms with Crippen LogP contribution < -0.4 is 10.6 Å². The lowest BCUT2D eigenvalue weighted by molar-refractivity contribution is 0.173. The normalized spacial score (nSPS) is 14.6. The molecule has 2 rings (SSSR count). The zero-order chi connectivity index (χ0) is 18.2. The third kappa shape index (κ3) is 5.86. The van der Waals surface area contributed by atoms with Crippen LogP contribution in [0.4, 0.5) is 4.79 Å². The maximum absolute atomic E-state index is 12.2. The summed E-state index contributed by atoms with van der Waals surface area (Å²) in [4.78, 5) is 16.4. The minimum absolute atomic E-state index is 0.0412. The smallest absolute Gasteiger partial charge is 0.315 e. The molecule has 0 aliphatic heterocycles. The van der Waals surface area contributed by atoms with Crippen LogP contribution in [0.2, 0.25) is 0 Å². The van der Waals surface area contributed by atoms with Gasteiger partial charge < -0.3 is 20.3 Å². The van der Waals surface area contributed by atoms with Gasteiger partial charge in [-0.25, -0.2) is 4.79 Å². The fourth-order valence-corrected chi connectivity index (χ4v) is 2.71. The summed E-state index contributed by atoms with van der Waals surface area (Å²) in [5, 5.41) is 19.3. The Kier molecular flexibility index (Phi) is 6.94. The van der Waals surface area contributed by atoms with Gasteiger partial charge in [0.05, 0.1) is 12.1 Å². The summed E-state index contributed by atoms with van der Waals surface area (Å²) in [7, 11) is 0. The van der Waals surface area contributed by atoms with Crippen molar-refractivity contribution in [3.63, 3.8) is 0 Å². The van der Waals surface area contributed by atoms with Crippen LogP contribution in [-0.4, -0.2) is 33.9 Å². The first-order valence-electron chi connectivity index (χ1n) is 8.57. The number of aryl methyl sites for hydroxylation is 1. The lowest BCUT2D eigenvalue weighted by Gasteiger charge is -2.21. The Labute approximate surface area is 147 Å². The van der Waals surface area contributed by atoms with Crippen molar-refractivity contribution in [3.8, 4) is 0 Å². The second kappa shape index (κ2) is 9.17. The first kappa shape index (κ1) is 18.9. The van der Waals surface area contributed by atoms with Crippen LogP contribution in [0.3, 0.4) is 0 Å². The van der Waals surface area contributed by atoms with E-state index >= 15 is 0 Å². The van der Waals surface area contributed by atoms with E-state index in [9.17, 15) is 9.90 Å². The third-order valence-corrected chi connectivity index (χ3v) is 3.97. The standard InChI is InChI=1S/C18H26N4O3/c1-4-16(17-20-13(3)25-22-17)21-18(24)19-11-15(10-12(2)23)14-8-6-5-7-9-14/h5-9,12,15-16,23H,4,10-11H2,1-3H3,(H2,19,21,24). The predicted molar refractivity (Wildman–Crippen MR) is 94.1 cm³/mol. The first-order chi connectivity index (χ1) is 12.0. The van der Waals surface area contributed by atoms with Gasteiger partial charge in [0, 0.05) is 19.4 Å². The average Bonchev–Trinajstić information content (AvgIpc) is 3.03. The molecular formula is C18H26N4O3. The molecule has 2 amide bonds. The Hall–Kier alpha value is -2.41. The lowest BCUT2D eigenvalue weighted by Crippen LogP contribution is -2.40. The van der Waals surface area contributed by atoms with E-state index in [0.29, 0.717) is 31.1 Å². The molecule has 1 heterocycles. The van der Waals surface area contributed by atoms with Gasteiger partial charge in [-0.2, -0.15) is 4.98 Å². The molecule has 0 saturated carbocycles. The first-order valence-corrected chi connectivity index (χ1v) is 8.57. The van der Waals surface area contributed by atoms with Crippen molar-refractivity contribution in [3.05, 3.63) is 47.6 Å². The van der Waals surface area contributed by atoms with Crippen LogP contribution in [0.25, 0.3) is 0 Å². The molecule has 7 nitrogen and oxygen atoms in total. The van der Waals surface area contributed by atoms with Gasteiger partial charge in [0.15, 0.2) is 5.82 Å². The molecule has 0 bridgehead atoms. The van der Waals surface area contributed by atoms with Crippen molar-refractivity contribution in [2.45, 2.75) is 51.7 Å². The van der Waals surface area contributed by atoms with E-state index < -0.39 is 6.10 Å². The van der Waals surface area contributed by atoms with Crippen LogP contribution in [-0.2, 0) is 0 Å². The number of aromatic nitrogens is 2. The molecule has 0 fully saturated rings. The molecule has 0 radical (unpaired) electrons. The topological polar surface area (TPSA) is 100 Å². The van der Waals surface area contributed by atoms with Crippen molar-refractivity contribution in [2.24, 2.45) is 0 Å². The predicted octanol–water partition coefficient (Wildman–Crippen LogP) is 2.68. The van der Waals surface area contributed by atoms with E-state index in [4.69, 9.17) is 4.52 Å². The Morgan fingerprint density at radius 1 is 1.32 bits per heavy atom. The third-order valence-electron chi connectivity index (χ3n) is 3.97. The number of nitrogens with one attached hydrogen (secondary N) is 2. The largest absolute Gasteiger partial charge is 0.393 e.